The van der Waals surface area contributed by atoms with Crippen LogP contribution in [0.25, 0.3) is 0 Å². The Morgan fingerprint density at radius 3 is 2.65 bits per heavy atom. The lowest BCUT2D eigenvalue weighted by Crippen LogP contribution is -2.64. The lowest BCUT2D eigenvalue weighted by atomic mass is 9.45. The first kappa shape index (κ1) is 23.0. The fourth-order valence-corrected chi connectivity index (χ4v) is 8.42. The smallest absolute Gasteiger partial charge is 0.306 e. The Bertz CT molecular complexity index is 836. The number of ether oxygens (including phenoxy) is 1. The zero-order valence-corrected chi connectivity index (χ0v) is 19.8. The molecule has 3 saturated carbocycles. The van der Waals surface area contributed by atoms with Crippen LogP contribution in [0.5, 0.6) is 0 Å². The van der Waals surface area contributed by atoms with E-state index in [9.17, 15) is 19.5 Å². The molecular weight excluding hydrogens is 416 g/mol. The molecule has 1 N–H and O–H groups in total. The number of rotatable bonds is 4. The van der Waals surface area contributed by atoms with E-state index in [1.54, 1.807) is 6.92 Å². The second-order valence-corrected chi connectivity index (χ2v) is 11.1. The van der Waals surface area contributed by atoms with E-state index in [0.717, 1.165) is 25.7 Å². The molecule has 0 aliphatic heterocycles. The fraction of sp³-hybridized carbons (Fsp3) is 0.800. The van der Waals surface area contributed by atoms with Crippen LogP contribution in [0.1, 0.15) is 72.6 Å². The van der Waals surface area contributed by atoms with E-state index < -0.39 is 23.1 Å². The summed E-state index contributed by atoms with van der Waals surface area (Å²) in [5.41, 5.74) is -0.966. The molecular formula is C25H35ClO5. The third kappa shape index (κ3) is 3.02. The number of fused-ring (bicyclic) bond motifs is 5. The van der Waals surface area contributed by atoms with Gasteiger partial charge in [-0.2, -0.15) is 0 Å². The molecule has 5 nitrogen and oxygen atoms in total. The van der Waals surface area contributed by atoms with Crippen LogP contribution in [0, 0.1) is 34.5 Å². The van der Waals surface area contributed by atoms with Crippen LogP contribution in [-0.4, -0.2) is 40.2 Å². The zero-order valence-electron chi connectivity index (χ0n) is 19.1. The van der Waals surface area contributed by atoms with E-state index in [-0.39, 0.29) is 53.0 Å². The van der Waals surface area contributed by atoms with Gasteiger partial charge in [0.15, 0.2) is 17.2 Å². The van der Waals surface area contributed by atoms with Gasteiger partial charge in [0.1, 0.15) is 0 Å². The molecule has 0 aromatic carbocycles. The van der Waals surface area contributed by atoms with E-state index in [1.165, 1.54) is 5.57 Å². The first-order valence-electron chi connectivity index (χ1n) is 11.8. The van der Waals surface area contributed by atoms with Crippen molar-refractivity contribution in [3.63, 3.8) is 0 Å². The maximum absolute atomic E-state index is 13.3. The van der Waals surface area contributed by atoms with Crippen LogP contribution >= 0.6 is 11.6 Å². The largest absolute Gasteiger partial charge is 0.450 e. The number of aliphatic hydroxyl groups excluding tert-OH is 1. The highest BCUT2D eigenvalue weighted by Crippen LogP contribution is 2.69. The van der Waals surface area contributed by atoms with Crippen LogP contribution in [0.3, 0.4) is 0 Å². The van der Waals surface area contributed by atoms with Gasteiger partial charge in [0.2, 0.25) is 0 Å². The highest BCUT2D eigenvalue weighted by atomic mass is 35.5. The molecule has 0 aromatic heterocycles. The Kier molecular flexibility index (Phi) is 5.70. The molecule has 3 fully saturated rings. The number of ketones is 2. The van der Waals surface area contributed by atoms with Gasteiger partial charge in [-0.1, -0.05) is 33.3 Å². The molecule has 0 aromatic rings. The van der Waals surface area contributed by atoms with Gasteiger partial charge in [-0.05, 0) is 61.3 Å². The first-order valence-corrected chi connectivity index (χ1v) is 12.3. The van der Waals surface area contributed by atoms with Gasteiger partial charge in [0, 0.05) is 24.2 Å². The van der Waals surface area contributed by atoms with Crippen molar-refractivity contribution < 1.29 is 24.2 Å². The van der Waals surface area contributed by atoms with Gasteiger partial charge in [-0.25, -0.2) is 0 Å². The molecule has 4 aliphatic carbocycles. The second-order valence-electron chi connectivity index (χ2n) is 10.8. The molecule has 0 unspecified atom stereocenters. The van der Waals surface area contributed by atoms with Crippen molar-refractivity contribution in [2.75, 3.05) is 5.88 Å². The number of Topliss-reactive ketones (excluding diaryl/α,β-unsaturated/α-hetero) is 1. The number of hydrogen-bond acceptors (Lipinski definition) is 5. The lowest BCUT2D eigenvalue weighted by molar-refractivity contribution is -0.204. The Hall–Kier alpha value is -1.20. The minimum Gasteiger partial charge on any atom is -0.450 e. The molecule has 0 radical (unpaired) electrons. The van der Waals surface area contributed by atoms with Crippen molar-refractivity contribution >= 4 is 29.1 Å². The van der Waals surface area contributed by atoms with E-state index in [4.69, 9.17) is 16.3 Å². The van der Waals surface area contributed by atoms with Gasteiger partial charge >= 0.3 is 5.97 Å². The van der Waals surface area contributed by atoms with Crippen LogP contribution in [0.15, 0.2) is 11.6 Å². The van der Waals surface area contributed by atoms with Crippen molar-refractivity contribution in [1.82, 2.24) is 0 Å². The topological polar surface area (TPSA) is 80.7 Å². The van der Waals surface area contributed by atoms with E-state index in [1.807, 2.05) is 19.9 Å². The van der Waals surface area contributed by atoms with Crippen LogP contribution in [-0.2, 0) is 19.1 Å². The monoisotopic (exact) mass is 450 g/mol. The molecule has 6 heteroatoms. The normalized spacial score (nSPS) is 46.5. The Balaban J connectivity index is 1.79. The number of allylic oxidation sites excluding steroid dienone is 1. The SMILES string of the molecule is CCC(=O)O[C@@]1(C(=O)CCl)[C@H](C)C[C@H]2[C@@H]3CCC4=CC(=O)CC[C@]4(C)[C@H]3[C@@H](O)C[C@@]21C. The van der Waals surface area contributed by atoms with E-state index in [0.29, 0.717) is 12.8 Å². The maximum atomic E-state index is 13.3. The summed E-state index contributed by atoms with van der Waals surface area (Å²) in [4.78, 5) is 37.8. The summed E-state index contributed by atoms with van der Waals surface area (Å²) < 4.78 is 6.02. The predicted octanol–water partition coefficient (Wildman–Crippen LogP) is 4.24. The van der Waals surface area contributed by atoms with Crippen molar-refractivity contribution in [3.8, 4) is 0 Å². The number of aliphatic hydroxyl groups is 1. The third-order valence-corrected chi connectivity index (χ3v) is 9.78. The molecule has 0 bridgehead atoms. The van der Waals surface area contributed by atoms with Crippen molar-refractivity contribution in [3.05, 3.63) is 11.6 Å². The summed E-state index contributed by atoms with van der Waals surface area (Å²) in [5.74, 6) is -0.391. The number of halogens is 1. The zero-order chi connectivity index (χ0) is 22.8. The maximum Gasteiger partial charge on any atom is 0.306 e. The lowest BCUT2D eigenvalue weighted by Gasteiger charge is -2.60. The number of carbonyl (C=O) groups excluding carboxylic acids is 3. The Morgan fingerprint density at radius 2 is 2.00 bits per heavy atom. The Morgan fingerprint density at radius 1 is 1.29 bits per heavy atom. The summed E-state index contributed by atoms with van der Waals surface area (Å²) >= 11 is 6.06. The minimum absolute atomic E-state index is 0.0506. The summed E-state index contributed by atoms with van der Waals surface area (Å²) in [7, 11) is 0. The molecule has 0 saturated heterocycles. The van der Waals surface area contributed by atoms with Gasteiger partial charge in [-0.15, -0.1) is 11.6 Å². The molecule has 8 atom stereocenters. The molecule has 0 heterocycles. The van der Waals surface area contributed by atoms with Crippen LogP contribution < -0.4 is 0 Å². The van der Waals surface area contributed by atoms with Crippen LogP contribution in [0.4, 0.5) is 0 Å². The number of carbonyl (C=O) groups is 3. The number of hydrogen-bond donors (Lipinski definition) is 1. The van der Waals surface area contributed by atoms with Gasteiger partial charge in [0.25, 0.3) is 0 Å². The molecule has 31 heavy (non-hydrogen) atoms. The molecule has 4 rings (SSSR count). The van der Waals surface area contributed by atoms with Crippen molar-refractivity contribution in [2.45, 2.75) is 84.3 Å². The molecule has 0 amide bonds. The van der Waals surface area contributed by atoms with Crippen LogP contribution in [0.2, 0.25) is 0 Å². The average Bonchev–Trinajstić information content (AvgIpc) is 2.94. The van der Waals surface area contributed by atoms with E-state index >= 15 is 0 Å². The van der Waals surface area contributed by atoms with Gasteiger partial charge < -0.3 is 9.84 Å². The predicted molar refractivity (Wildman–Crippen MR) is 117 cm³/mol. The number of esters is 1. The number of alkyl halides is 1. The fourth-order valence-electron chi connectivity index (χ4n) is 8.22. The quantitative estimate of drug-likeness (QED) is 0.512. The van der Waals surface area contributed by atoms with Gasteiger partial charge in [0.05, 0.1) is 12.0 Å². The highest BCUT2D eigenvalue weighted by molar-refractivity contribution is 6.29. The molecule has 4 aliphatic rings. The summed E-state index contributed by atoms with van der Waals surface area (Å²) in [6.07, 6.45) is 5.60. The molecule has 0 spiro atoms. The Labute approximate surface area is 189 Å². The first-order chi connectivity index (χ1) is 14.5. The molecule has 172 valence electrons. The average molecular weight is 451 g/mol. The summed E-state index contributed by atoms with van der Waals surface area (Å²) in [6.45, 7) is 7.97. The minimum atomic E-state index is -1.29. The highest BCUT2D eigenvalue weighted by Gasteiger charge is 2.72. The van der Waals surface area contributed by atoms with E-state index in [2.05, 4.69) is 6.92 Å². The second kappa shape index (κ2) is 7.69. The van der Waals surface area contributed by atoms with Crippen molar-refractivity contribution in [2.24, 2.45) is 34.5 Å². The standard InChI is InChI=1S/C25H35ClO5/c1-5-21(30)31-25(20(29)13-26)14(2)10-18-17-7-6-15-11-16(27)8-9-23(15,3)22(17)19(28)12-24(18,25)4/h11,14,17-19,22,28H,5-10,12-13H2,1-4H3/t14-,17+,18+,19+,22-,23+,24+,25-/m1/s1. The summed E-state index contributed by atoms with van der Waals surface area (Å²) in [6, 6.07) is 0. The summed E-state index contributed by atoms with van der Waals surface area (Å²) in [5, 5.41) is 11.6. The van der Waals surface area contributed by atoms with Crippen molar-refractivity contribution in [1.29, 1.82) is 0 Å². The third-order valence-electron chi connectivity index (χ3n) is 9.54. The van der Waals surface area contributed by atoms with Gasteiger partial charge in [-0.3, -0.25) is 14.4 Å².